The monoisotopic (exact) mass is 291 g/mol. The molecule has 21 heavy (non-hydrogen) atoms. The van der Waals surface area contributed by atoms with E-state index in [4.69, 9.17) is 5.11 Å². The van der Waals surface area contributed by atoms with Gasteiger partial charge in [0.2, 0.25) is 0 Å². The third-order valence-corrected chi connectivity index (χ3v) is 3.01. The van der Waals surface area contributed by atoms with Crippen LogP contribution in [0.1, 0.15) is 33.0 Å². The van der Waals surface area contributed by atoms with Gasteiger partial charge in [0.05, 0.1) is 11.9 Å². The molecule has 2 aromatic heterocycles. The zero-order valence-corrected chi connectivity index (χ0v) is 11.9. The van der Waals surface area contributed by atoms with Crippen molar-refractivity contribution in [2.45, 2.75) is 19.9 Å². The van der Waals surface area contributed by atoms with Crippen molar-refractivity contribution in [1.29, 1.82) is 0 Å². The molecular weight excluding hydrogens is 274 g/mol. The minimum atomic E-state index is -1.17. The topological polar surface area (TPSA) is 102 Å². The van der Waals surface area contributed by atoms with Crippen molar-refractivity contribution in [2.24, 2.45) is 7.05 Å². The second-order valence-corrected chi connectivity index (χ2v) is 4.67. The van der Waals surface area contributed by atoms with Crippen LogP contribution in [0.25, 0.3) is 0 Å². The van der Waals surface area contributed by atoms with Crippen LogP contribution < -0.4 is 5.32 Å². The number of carbonyl (C=O) groups excluding carboxylic acids is 1. The number of aromatic carboxylic acids is 1. The molecule has 0 radical (unpaired) electrons. The van der Waals surface area contributed by atoms with E-state index in [1.165, 1.54) is 17.9 Å². The summed E-state index contributed by atoms with van der Waals surface area (Å²) < 4.78 is 3.06. The number of nitrogens with one attached hydrogen (secondary N) is 1. The van der Waals surface area contributed by atoms with Gasteiger partial charge in [0.25, 0.3) is 5.91 Å². The average Bonchev–Trinajstić information content (AvgIpc) is 3.00. The van der Waals surface area contributed by atoms with Crippen LogP contribution in [0, 0.1) is 6.92 Å². The predicted octanol–water partition coefficient (Wildman–Crippen LogP) is 0.443. The summed E-state index contributed by atoms with van der Waals surface area (Å²) in [4.78, 5) is 23.0. The van der Waals surface area contributed by atoms with Gasteiger partial charge in [0.1, 0.15) is 11.3 Å². The molecule has 8 nitrogen and oxygen atoms in total. The van der Waals surface area contributed by atoms with Gasteiger partial charge in [-0.1, -0.05) is 0 Å². The lowest BCUT2D eigenvalue weighted by Gasteiger charge is -2.06. The summed E-state index contributed by atoms with van der Waals surface area (Å²) in [6, 6.07) is 1.91. The highest BCUT2D eigenvalue weighted by Crippen LogP contribution is 2.07. The van der Waals surface area contributed by atoms with Gasteiger partial charge in [-0.25, -0.2) is 4.79 Å². The molecule has 0 saturated heterocycles. The number of carboxylic acid groups (broad SMARTS) is 1. The van der Waals surface area contributed by atoms with E-state index >= 15 is 0 Å². The average molecular weight is 291 g/mol. The Morgan fingerprint density at radius 3 is 2.81 bits per heavy atom. The highest BCUT2D eigenvalue weighted by Gasteiger charge is 2.20. The van der Waals surface area contributed by atoms with Crippen LogP contribution in [-0.2, 0) is 13.6 Å². The van der Waals surface area contributed by atoms with Crippen LogP contribution in [0.15, 0.2) is 18.5 Å². The van der Waals surface area contributed by atoms with E-state index in [9.17, 15) is 9.59 Å². The summed E-state index contributed by atoms with van der Waals surface area (Å²) in [6.07, 6.45) is 3.75. The molecule has 0 atom stereocenters. The third-order valence-electron chi connectivity index (χ3n) is 3.01. The number of aryl methyl sites for hydroxylation is 3. The van der Waals surface area contributed by atoms with Crippen LogP contribution >= 0.6 is 0 Å². The molecule has 0 unspecified atom stereocenters. The summed E-state index contributed by atoms with van der Waals surface area (Å²) in [5.74, 6) is -1.61. The first-order valence-corrected chi connectivity index (χ1v) is 6.52. The predicted molar refractivity (Wildman–Crippen MR) is 74.1 cm³/mol. The molecule has 0 bridgehead atoms. The number of nitrogens with zero attached hydrogens (tertiary/aromatic N) is 4. The quantitative estimate of drug-likeness (QED) is 0.752. The van der Waals surface area contributed by atoms with Crippen LogP contribution in [0.2, 0.25) is 0 Å². The van der Waals surface area contributed by atoms with E-state index in [1.54, 1.807) is 4.68 Å². The number of carbonyl (C=O) groups is 2. The normalized spacial score (nSPS) is 10.6. The molecule has 2 aromatic rings. The first-order chi connectivity index (χ1) is 9.99. The zero-order valence-electron chi connectivity index (χ0n) is 11.9. The smallest absolute Gasteiger partial charge is 0.339 e. The number of aromatic nitrogens is 4. The van der Waals surface area contributed by atoms with Crippen molar-refractivity contribution >= 4 is 11.9 Å². The lowest BCUT2D eigenvalue weighted by Crippen LogP contribution is -2.28. The molecule has 0 spiro atoms. The number of rotatable bonds is 6. The lowest BCUT2D eigenvalue weighted by molar-refractivity contribution is 0.0690. The van der Waals surface area contributed by atoms with Crippen molar-refractivity contribution in [3.63, 3.8) is 0 Å². The fourth-order valence-corrected chi connectivity index (χ4v) is 1.98. The Hall–Kier alpha value is -2.64. The third kappa shape index (κ3) is 3.47. The molecule has 1 amide bonds. The van der Waals surface area contributed by atoms with Gasteiger partial charge in [-0.15, -0.1) is 0 Å². The number of hydrogen-bond donors (Lipinski definition) is 2. The SMILES string of the molecule is Cc1ccn(CCCNC(=O)c2c(C(=O)O)cnn2C)n1. The minimum Gasteiger partial charge on any atom is -0.478 e. The van der Waals surface area contributed by atoms with Gasteiger partial charge < -0.3 is 10.4 Å². The first-order valence-electron chi connectivity index (χ1n) is 6.52. The Labute approximate surface area is 121 Å². The summed E-state index contributed by atoms with van der Waals surface area (Å²) >= 11 is 0. The molecular formula is C13H17N5O3. The molecule has 8 heteroatoms. The van der Waals surface area contributed by atoms with Gasteiger partial charge in [-0.05, 0) is 19.4 Å². The fourth-order valence-electron chi connectivity index (χ4n) is 1.98. The molecule has 0 aliphatic heterocycles. The molecule has 2 heterocycles. The Morgan fingerprint density at radius 2 is 2.19 bits per heavy atom. The fraction of sp³-hybridized carbons (Fsp3) is 0.385. The molecule has 112 valence electrons. The molecule has 0 aliphatic carbocycles. The summed E-state index contributed by atoms with van der Waals surface area (Å²) in [6.45, 7) is 3.03. The van der Waals surface area contributed by atoms with Crippen molar-refractivity contribution < 1.29 is 14.7 Å². The van der Waals surface area contributed by atoms with E-state index in [-0.39, 0.29) is 11.3 Å². The maximum absolute atomic E-state index is 12.0. The molecule has 2 rings (SSSR count). The largest absolute Gasteiger partial charge is 0.478 e. The van der Waals surface area contributed by atoms with E-state index < -0.39 is 11.9 Å². The molecule has 0 fully saturated rings. The second kappa shape index (κ2) is 6.21. The maximum Gasteiger partial charge on any atom is 0.339 e. The number of amides is 1. The summed E-state index contributed by atoms with van der Waals surface area (Å²) in [5, 5.41) is 19.7. The Balaban J connectivity index is 1.87. The highest BCUT2D eigenvalue weighted by atomic mass is 16.4. The Kier molecular flexibility index (Phi) is 4.36. The van der Waals surface area contributed by atoms with E-state index in [0.29, 0.717) is 19.5 Å². The van der Waals surface area contributed by atoms with Gasteiger partial charge >= 0.3 is 5.97 Å². The van der Waals surface area contributed by atoms with Crippen LogP contribution in [0.4, 0.5) is 0 Å². The Bertz CT molecular complexity index is 659. The van der Waals surface area contributed by atoms with Crippen LogP contribution in [0.3, 0.4) is 0 Å². The van der Waals surface area contributed by atoms with E-state index in [1.807, 2.05) is 19.2 Å². The second-order valence-electron chi connectivity index (χ2n) is 4.67. The van der Waals surface area contributed by atoms with Crippen LogP contribution in [-0.4, -0.2) is 43.1 Å². The Morgan fingerprint density at radius 1 is 1.43 bits per heavy atom. The van der Waals surface area contributed by atoms with Crippen molar-refractivity contribution in [1.82, 2.24) is 24.9 Å². The van der Waals surface area contributed by atoms with Gasteiger partial charge in [0, 0.05) is 26.3 Å². The van der Waals surface area contributed by atoms with Gasteiger partial charge in [0.15, 0.2) is 0 Å². The van der Waals surface area contributed by atoms with Crippen molar-refractivity contribution in [2.75, 3.05) is 6.54 Å². The van der Waals surface area contributed by atoms with Crippen molar-refractivity contribution in [3.8, 4) is 0 Å². The van der Waals surface area contributed by atoms with Gasteiger partial charge in [-0.3, -0.25) is 14.2 Å². The lowest BCUT2D eigenvalue weighted by atomic mass is 10.2. The van der Waals surface area contributed by atoms with E-state index in [0.717, 1.165) is 5.69 Å². The standard InChI is InChI=1S/C13H17N5O3/c1-9-4-7-18(16-9)6-3-5-14-12(19)11-10(13(20)21)8-15-17(11)2/h4,7-8H,3,5-6H2,1-2H3,(H,14,19)(H,20,21). The molecule has 0 aliphatic rings. The maximum atomic E-state index is 12.0. The number of hydrogen-bond acceptors (Lipinski definition) is 4. The molecule has 2 N–H and O–H groups in total. The number of carboxylic acids is 1. The summed E-state index contributed by atoms with van der Waals surface area (Å²) in [7, 11) is 1.54. The summed E-state index contributed by atoms with van der Waals surface area (Å²) in [5.41, 5.74) is 0.898. The molecule has 0 aromatic carbocycles. The van der Waals surface area contributed by atoms with E-state index in [2.05, 4.69) is 15.5 Å². The van der Waals surface area contributed by atoms with Crippen molar-refractivity contribution in [3.05, 3.63) is 35.4 Å². The first kappa shape index (κ1) is 14.8. The highest BCUT2D eigenvalue weighted by molar-refractivity contribution is 6.03. The molecule has 0 saturated carbocycles. The minimum absolute atomic E-state index is 0.0532. The van der Waals surface area contributed by atoms with Gasteiger partial charge in [-0.2, -0.15) is 10.2 Å². The van der Waals surface area contributed by atoms with Crippen LogP contribution in [0.5, 0.6) is 0 Å². The zero-order chi connectivity index (χ0) is 15.4.